The van der Waals surface area contributed by atoms with Crippen LogP contribution in [0.3, 0.4) is 0 Å². The van der Waals surface area contributed by atoms with Gasteiger partial charge in [-0.2, -0.15) is 4.98 Å². The zero-order valence-electron chi connectivity index (χ0n) is 16.5. The summed E-state index contributed by atoms with van der Waals surface area (Å²) < 4.78 is 0. The molecule has 1 aliphatic rings. The van der Waals surface area contributed by atoms with Crippen LogP contribution in [0.15, 0.2) is 30.5 Å². The van der Waals surface area contributed by atoms with Crippen molar-refractivity contribution in [2.45, 2.75) is 44.7 Å². The highest BCUT2D eigenvalue weighted by Crippen LogP contribution is 2.23. The molecule has 0 spiro atoms. The summed E-state index contributed by atoms with van der Waals surface area (Å²) in [4.78, 5) is 10.9. The van der Waals surface area contributed by atoms with Crippen LogP contribution < -0.4 is 20.9 Å². The SMILES string of the molecule is Cc1cc(Cl)ccc1NC(=S)N[C@H]1CC[C@@H](Nc2nccc(N(C)C)n2)CC1. The third-order valence-corrected chi connectivity index (χ3v) is 5.39. The summed E-state index contributed by atoms with van der Waals surface area (Å²) in [6.07, 6.45) is 5.99. The molecule has 0 atom stereocenters. The van der Waals surface area contributed by atoms with Crippen LogP contribution in [0.4, 0.5) is 17.5 Å². The van der Waals surface area contributed by atoms with Crippen molar-refractivity contribution in [1.29, 1.82) is 0 Å². The Morgan fingerprint density at radius 2 is 1.86 bits per heavy atom. The highest BCUT2D eigenvalue weighted by atomic mass is 35.5. The van der Waals surface area contributed by atoms with Crippen LogP contribution in [0, 0.1) is 6.92 Å². The zero-order valence-corrected chi connectivity index (χ0v) is 18.1. The number of hydrogen-bond donors (Lipinski definition) is 3. The van der Waals surface area contributed by atoms with E-state index in [2.05, 4.69) is 25.9 Å². The van der Waals surface area contributed by atoms with Crippen molar-refractivity contribution < 1.29 is 0 Å². The van der Waals surface area contributed by atoms with Gasteiger partial charge in [-0.3, -0.25) is 0 Å². The van der Waals surface area contributed by atoms with E-state index in [0.717, 1.165) is 47.8 Å². The lowest BCUT2D eigenvalue weighted by atomic mass is 9.91. The minimum absolute atomic E-state index is 0.375. The summed E-state index contributed by atoms with van der Waals surface area (Å²) in [7, 11) is 3.96. The number of aromatic nitrogens is 2. The Hall–Kier alpha value is -2.12. The van der Waals surface area contributed by atoms with Gasteiger partial charge in [0, 0.05) is 43.1 Å². The van der Waals surface area contributed by atoms with Crippen LogP contribution in [-0.4, -0.2) is 41.3 Å². The van der Waals surface area contributed by atoms with Crippen LogP contribution in [-0.2, 0) is 0 Å². The Labute approximate surface area is 177 Å². The monoisotopic (exact) mass is 418 g/mol. The summed E-state index contributed by atoms with van der Waals surface area (Å²) in [6, 6.07) is 8.41. The lowest BCUT2D eigenvalue weighted by molar-refractivity contribution is 0.387. The molecule has 0 aliphatic heterocycles. The van der Waals surface area contributed by atoms with Crippen molar-refractivity contribution in [3.05, 3.63) is 41.0 Å². The summed E-state index contributed by atoms with van der Waals surface area (Å²) >= 11 is 11.5. The molecule has 1 saturated carbocycles. The molecule has 0 unspecified atom stereocenters. The molecule has 3 N–H and O–H groups in total. The molecule has 0 saturated heterocycles. The lowest BCUT2D eigenvalue weighted by Crippen LogP contribution is -2.42. The third-order valence-electron chi connectivity index (χ3n) is 4.93. The topological polar surface area (TPSA) is 65.1 Å². The van der Waals surface area contributed by atoms with E-state index in [1.807, 2.05) is 50.2 Å². The minimum atomic E-state index is 0.375. The second-order valence-electron chi connectivity index (χ2n) is 7.38. The molecule has 3 rings (SSSR count). The molecule has 2 aromatic rings. The Balaban J connectivity index is 1.46. The molecule has 150 valence electrons. The predicted octanol–water partition coefficient (Wildman–Crippen LogP) is 4.21. The fraction of sp³-hybridized carbons (Fsp3) is 0.450. The third kappa shape index (κ3) is 5.69. The first kappa shape index (κ1) is 20.6. The largest absolute Gasteiger partial charge is 0.363 e. The van der Waals surface area contributed by atoms with Gasteiger partial charge in [0.15, 0.2) is 5.11 Å². The number of hydrogen-bond acceptors (Lipinski definition) is 5. The standard InChI is InChI=1S/C20H27ClN6S/c1-13-12-14(21)4-9-17(13)25-20(28)24-16-7-5-15(6-8-16)23-19-22-11-10-18(26-19)27(2)3/h4,9-12,15-16H,5-8H2,1-3H3,(H,22,23,26)(H2,24,25,28)/t15-,16+. The maximum Gasteiger partial charge on any atom is 0.224 e. The van der Waals surface area contributed by atoms with Gasteiger partial charge in [-0.25, -0.2) is 4.98 Å². The molecule has 0 bridgehead atoms. The molecule has 1 aromatic carbocycles. The van der Waals surface area contributed by atoms with Gasteiger partial charge in [-0.15, -0.1) is 0 Å². The highest BCUT2D eigenvalue weighted by Gasteiger charge is 2.22. The molecule has 28 heavy (non-hydrogen) atoms. The van der Waals surface area contributed by atoms with Gasteiger partial charge in [0.25, 0.3) is 0 Å². The van der Waals surface area contributed by atoms with E-state index < -0.39 is 0 Å². The van der Waals surface area contributed by atoms with E-state index in [-0.39, 0.29) is 0 Å². The average Bonchev–Trinajstić information content (AvgIpc) is 2.66. The van der Waals surface area contributed by atoms with Crippen molar-refractivity contribution >= 4 is 46.4 Å². The molecule has 1 aromatic heterocycles. The van der Waals surface area contributed by atoms with E-state index in [9.17, 15) is 0 Å². The van der Waals surface area contributed by atoms with Crippen LogP contribution in [0.2, 0.25) is 5.02 Å². The summed E-state index contributed by atoms with van der Waals surface area (Å²) in [6.45, 7) is 2.01. The van der Waals surface area contributed by atoms with E-state index in [1.54, 1.807) is 6.20 Å². The number of rotatable bonds is 5. The predicted molar refractivity (Wildman–Crippen MR) is 122 cm³/mol. The van der Waals surface area contributed by atoms with Gasteiger partial charge in [-0.1, -0.05) is 11.6 Å². The number of nitrogens with one attached hydrogen (secondary N) is 3. The normalized spacial score (nSPS) is 19.0. The van der Waals surface area contributed by atoms with Gasteiger partial charge >= 0.3 is 0 Å². The Bertz CT molecular complexity index is 820. The van der Waals surface area contributed by atoms with E-state index in [0.29, 0.717) is 23.1 Å². The average molecular weight is 419 g/mol. The zero-order chi connectivity index (χ0) is 20.1. The van der Waals surface area contributed by atoms with Crippen molar-refractivity contribution in [2.24, 2.45) is 0 Å². The molecule has 0 radical (unpaired) electrons. The van der Waals surface area contributed by atoms with Crippen LogP contribution >= 0.6 is 23.8 Å². The number of benzene rings is 1. The van der Waals surface area contributed by atoms with Crippen molar-refractivity contribution in [3.8, 4) is 0 Å². The van der Waals surface area contributed by atoms with Crippen molar-refractivity contribution in [1.82, 2.24) is 15.3 Å². The molecule has 0 amide bonds. The molecule has 1 aliphatic carbocycles. The second kappa shape index (κ2) is 9.39. The van der Waals surface area contributed by atoms with Gasteiger partial charge < -0.3 is 20.9 Å². The number of anilines is 3. The van der Waals surface area contributed by atoms with Crippen molar-refractivity contribution in [3.63, 3.8) is 0 Å². The molecule has 1 heterocycles. The van der Waals surface area contributed by atoms with Gasteiger partial charge in [0.05, 0.1) is 0 Å². The number of halogens is 1. The Morgan fingerprint density at radius 3 is 2.54 bits per heavy atom. The Kier molecular flexibility index (Phi) is 6.91. The first-order valence-corrected chi connectivity index (χ1v) is 10.3. The summed E-state index contributed by atoms with van der Waals surface area (Å²) in [5.74, 6) is 1.60. The maximum absolute atomic E-state index is 6.01. The van der Waals surface area contributed by atoms with E-state index >= 15 is 0 Å². The van der Waals surface area contributed by atoms with Gasteiger partial charge in [0.1, 0.15) is 5.82 Å². The van der Waals surface area contributed by atoms with Gasteiger partial charge in [-0.05, 0) is 74.7 Å². The number of nitrogens with zero attached hydrogens (tertiary/aromatic N) is 3. The number of aryl methyl sites for hydroxylation is 1. The van der Waals surface area contributed by atoms with E-state index in [4.69, 9.17) is 23.8 Å². The smallest absolute Gasteiger partial charge is 0.224 e. The second-order valence-corrected chi connectivity index (χ2v) is 8.23. The molecule has 6 nitrogen and oxygen atoms in total. The van der Waals surface area contributed by atoms with Gasteiger partial charge in [0.2, 0.25) is 5.95 Å². The van der Waals surface area contributed by atoms with Crippen LogP contribution in [0.1, 0.15) is 31.2 Å². The van der Waals surface area contributed by atoms with Crippen LogP contribution in [0.5, 0.6) is 0 Å². The fourth-order valence-electron chi connectivity index (χ4n) is 3.34. The Morgan fingerprint density at radius 1 is 1.14 bits per heavy atom. The summed E-state index contributed by atoms with van der Waals surface area (Å²) in [5, 5.41) is 11.6. The summed E-state index contributed by atoms with van der Waals surface area (Å²) in [5.41, 5.74) is 2.06. The number of thiocarbonyl (C=S) groups is 1. The molecule has 8 heteroatoms. The maximum atomic E-state index is 6.01. The van der Waals surface area contributed by atoms with Crippen LogP contribution in [0.25, 0.3) is 0 Å². The first-order valence-electron chi connectivity index (χ1n) is 9.51. The van der Waals surface area contributed by atoms with Crippen molar-refractivity contribution in [2.75, 3.05) is 29.6 Å². The molecular formula is C20H27ClN6S. The lowest BCUT2D eigenvalue weighted by Gasteiger charge is -2.30. The minimum Gasteiger partial charge on any atom is -0.363 e. The quantitative estimate of drug-likeness (QED) is 0.628. The highest BCUT2D eigenvalue weighted by molar-refractivity contribution is 7.80. The molecular weight excluding hydrogens is 392 g/mol. The first-order chi connectivity index (χ1) is 13.4. The van der Waals surface area contributed by atoms with E-state index in [1.165, 1.54) is 0 Å². The fourth-order valence-corrected chi connectivity index (χ4v) is 3.85. The molecule has 1 fully saturated rings.